The number of halogens is 1. The average Bonchev–Trinajstić information content (AvgIpc) is 2.28. The summed E-state index contributed by atoms with van der Waals surface area (Å²) in [6, 6.07) is 6.67. The average molecular weight is 242 g/mol. The SMILES string of the molecule is CC(NC(=O)C(=O)NN)c1ccc(Cl)cc1. The second-order valence-corrected chi connectivity index (χ2v) is 3.66. The summed E-state index contributed by atoms with van der Waals surface area (Å²) in [6.45, 7) is 1.75. The Morgan fingerprint density at radius 3 is 2.31 bits per heavy atom. The zero-order chi connectivity index (χ0) is 12.1. The maximum absolute atomic E-state index is 11.2. The molecule has 1 aromatic rings. The molecule has 6 heteroatoms. The van der Waals surface area contributed by atoms with Crippen molar-refractivity contribution in [3.63, 3.8) is 0 Å². The quantitative estimate of drug-likeness (QED) is 0.305. The third kappa shape index (κ3) is 3.22. The molecule has 1 atom stereocenters. The molecule has 0 saturated carbocycles. The van der Waals surface area contributed by atoms with Gasteiger partial charge in [-0.3, -0.25) is 15.0 Å². The van der Waals surface area contributed by atoms with E-state index in [-0.39, 0.29) is 6.04 Å². The Hall–Kier alpha value is -1.59. The number of rotatable bonds is 2. The van der Waals surface area contributed by atoms with Crippen LogP contribution in [-0.4, -0.2) is 11.8 Å². The van der Waals surface area contributed by atoms with Crippen LogP contribution in [0.1, 0.15) is 18.5 Å². The van der Waals surface area contributed by atoms with Gasteiger partial charge in [-0.15, -0.1) is 0 Å². The summed E-state index contributed by atoms with van der Waals surface area (Å²) in [5.41, 5.74) is 2.61. The highest BCUT2D eigenvalue weighted by molar-refractivity contribution is 6.35. The first-order chi connectivity index (χ1) is 7.54. The van der Waals surface area contributed by atoms with E-state index in [9.17, 15) is 9.59 Å². The minimum absolute atomic E-state index is 0.290. The molecule has 0 aliphatic carbocycles. The third-order valence-electron chi connectivity index (χ3n) is 2.05. The van der Waals surface area contributed by atoms with Gasteiger partial charge in [0.1, 0.15) is 0 Å². The van der Waals surface area contributed by atoms with Crippen LogP contribution >= 0.6 is 11.6 Å². The first-order valence-corrected chi connectivity index (χ1v) is 4.99. The summed E-state index contributed by atoms with van der Waals surface area (Å²) in [4.78, 5) is 22.1. The van der Waals surface area contributed by atoms with Crippen molar-refractivity contribution < 1.29 is 9.59 Å². The summed E-state index contributed by atoms with van der Waals surface area (Å²) >= 11 is 5.73. The van der Waals surface area contributed by atoms with Crippen LogP contribution in [0.3, 0.4) is 0 Å². The number of carbonyl (C=O) groups is 2. The first kappa shape index (κ1) is 12.5. The van der Waals surface area contributed by atoms with Crippen LogP contribution < -0.4 is 16.6 Å². The van der Waals surface area contributed by atoms with Crippen LogP contribution in [0.25, 0.3) is 0 Å². The smallest absolute Gasteiger partial charge is 0.323 e. The number of nitrogens with two attached hydrogens (primary N) is 1. The summed E-state index contributed by atoms with van der Waals surface area (Å²) in [6.07, 6.45) is 0. The predicted molar refractivity (Wildman–Crippen MR) is 60.3 cm³/mol. The maximum atomic E-state index is 11.2. The number of hydrazine groups is 1. The predicted octanol–water partition coefficient (Wildman–Crippen LogP) is 0.507. The lowest BCUT2D eigenvalue weighted by Crippen LogP contribution is -2.43. The van der Waals surface area contributed by atoms with Crippen molar-refractivity contribution >= 4 is 23.4 Å². The molecular weight excluding hydrogens is 230 g/mol. The number of hydrogen-bond acceptors (Lipinski definition) is 3. The third-order valence-corrected chi connectivity index (χ3v) is 2.31. The second kappa shape index (κ2) is 5.48. The molecule has 0 saturated heterocycles. The second-order valence-electron chi connectivity index (χ2n) is 3.22. The van der Waals surface area contributed by atoms with Gasteiger partial charge in [0.25, 0.3) is 0 Å². The standard InChI is InChI=1S/C10H12ClN3O2/c1-6(13-9(15)10(16)14-12)7-2-4-8(11)5-3-7/h2-6H,12H2,1H3,(H,13,15)(H,14,16). The van der Waals surface area contributed by atoms with Crippen LogP contribution in [0, 0.1) is 0 Å². The Bertz CT molecular complexity index is 392. The van der Waals surface area contributed by atoms with Gasteiger partial charge in [-0.05, 0) is 24.6 Å². The molecule has 0 bridgehead atoms. The van der Waals surface area contributed by atoms with Crippen LogP contribution in [-0.2, 0) is 9.59 Å². The van der Waals surface area contributed by atoms with Crippen molar-refractivity contribution in [3.8, 4) is 0 Å². The molecule has 16 heavy (non-hydrogen) atoms. The van der Waals surface area contributed by atoms with Crippen molar-refractivity contribution in [2.45, 2.75) is 13.0 Å². The van der Waals surface area contributed by atoms with Gasteiger partial charge in [0.2, 0.25) is 0 Å². The fourth-order valence-corrected chi connectivity index (χ4v) is 1.29. The van der Waals surface area contributed by atoms with E-state index < -0.39 is 11.8 Å². The molecule has 0 spiro atoms. The minimum Gasteiger partial charge on any atom is -0.341 e. The van der Waals surface area contributed by atoms with Crippen molar-refractivity contribution in [1.82, 2.24) is 10.7 Å². The number of hydrogen-bond donors (Lipinski definition) is 3. The molecule has 86 valence electrons. The Balaban J connectivity index is 2.65. The minimum atomic E-state index is -0.874. The van der Waals surface area contributed by atoms with E-state index in [0.717, 1.165) is 5.56 Å². The topological polar surface area (TPSA) is 84.2 Å². The highest BCUT2D eigenvalue weighted by atomic mass is 35.5. The molecule has 0 aliphatic heterocycles. The first-order valence-electron chi connectivity index (χ1n) is 4.61. The van der Waals surface area contributed by atoms with Crippen LogP contribution in [0.4, 0.5) is 0 Å². The normalized spacial score (nSPS) is 11.7. The molecule has 0 aromatic heterocycles. The monoisotopic (exact) mass is 241 g/mol. The number of benzene rings is 1. The van der Waals surface area contributed by atoms with Gasteiger partial charge < -0.3 is 5.32 Å². The molecule has 0 fully saturated rings. The molecule has 1 aromatic carbocycles. The van der Waals surface area contributed by atoms with E-state index in [1.807, 2.05) is 0 Å². The number of nitrogens with one attached hydrogen (secondary N) is 2. The van der Waals surface area contributed by atoms with Gasteiger partial charge in [0, 0.05) is 5.02 Å². The van der Waals surface area contributed by atoms with E-state index in [2.05, 4.69) is 5.32 Å². The van der Waals surface area contributed by atoms with Crippen molar-refractivity contribution in [1.29, 1.82) is 0 Å². The summed E-state index contributed by atoms with van der Waals surface area (Å²) in [5.74, 6) is 3.18. The number of carbonyl (C=O) groups excluding carboxylic acids is 2. The van der Waals surface area contributed by atoms with Gasteiger partial charge in [0.05, 0.1) is 6.04 Å². The molecule has 5 nitrogen and oxygen atoms in total. The summed E-state index contributed by atoms with van der Waals surface area (Å²) in [7, 11) is 0. The Labute approximate surface area is 97.9 Å². The fourth-order valence-electron chi connectivity index (χ4n) is 1.16. The molecule has 0 radical (unpaired) electrons. The van der Waals surface area contributed by atoms with Gasteiger partial charge in [-0.2, -0.15) is 0 Å². The van der Waals surface area contributed by atoms with Gasteiger partial charge in [-0.1, -0.05) is 23.7 Å². The van der Waals surface area contributed by atoms with Crippen molar-refractivity contribution in [3.05, 3.63) is 34.9 Å². The number of amides is 2. The van der Waals surface area contributed by atoms with Crippen LogP contribution in [0.5, 0.6) is 0 Å². The van der Waals surface area contributed by atoms with Crippen molar-refractivity contribution in [2.75, 3.05) is 0 Å². The molecular formula is C10H12ClN3O2. The molecule has 0 heterocycles. The Kier molecular flexibility index (Phi) is 4.28. The van der Waals surface area contributed by atoms with Crippen LogP contribution in [0.15, 0.2) is 24.3 Å². The fraction of sp³-hybridized carbons (Fsp3) is 0.200. The van der Waals surface area contributed by atoms with E-state index in [1.54, 1.807) is 36.6 Å². The lowest BCUT2D eigenvalue weighted by molar-refractivity contribution is -0.139. The maximum Gasteiger partial charge on any atom is 0.323 e. The Morgan fingerprint density at radius 1 is 1.25 bits per heavy atom. The molecule has 1 rings (SSSR count). The molecule has 2 amide bonds. The molecule has 0 aliphatic rings. The highest BCUT2D eigenvalue weighted by Crippen LogP contribution is 2.15. The van der Waals surface area contributed by atoms with E-state index in [1.165, 1.54) is 0 Å². The molecule has 4 N–H and O–H groups in total. The summed E-state index contributed by atoms with van der Waals surface area (Å²) in [5, 5.41) is 3.11. The van der Waals surface area contributed by atoms with Crippen LogP contribution in [0.2, 0.25) is 5.02 Å². The highest BCUT2D eigenvalue weighted by Gasteiger charge is 2.15. The van der Waals surface area contributed by atoms with Gasteiger partial charge >= 0.3 is 11.8 Å². The van der Waals surface area contributed by atoms with E-state index in [0.29, 0.717) is 5.02 Å². The molecule has 1 unspecified atom stereocenters. The Morgan fingerprint density at radius 2 is 1.81 bits per heavy atom. The summed E-state index contributed by atoms with van der Waals surface area (Å²) < 4.78 is 0. The van der Waals surface area contributed by atoms with Gasteiger partial charge in [-0.25, -0.2) is 5.84 Å². The largest absolute Gasteiger partial charge is 0.341 e. The van der Waals surface area contributed by atoms with Crippen molar-refractivity contribution in [2.24, 2.45) is 5.84 Å². The van der Waals surface area contributed by atoms with E-state index >= 15 is 0 Å². The lowest BCUT2D eigenvalue weighted by atomic mass is 10.1. The van der Waals surface area contributed by atoms with Gasteiger partial charge in [0.15, 0.2) is 0 Å². The lowest BCUT2D eigenvalue weighted by Gasteiger charge is -2.13. The van der Waals surface area contributed by atoms with E-state index in [4.69, 9.17) is 17.4 Å². The zero-order valence-electron chi connectivity index (χ0n) is 8.66. The zero-order valence-corrected chi connectivity index (χ0v) is 9.41.